The summed E-state index contributed by atoms with van der Waals surface area (Å²) in [6.45, 7) is 4.03. The molecule has 140 valence electrons. The number of anilines is 2. The van der Waals surface area contributed by atoms with Crippen molar-refractivity contribution in [1.82, 2.24) is 0 Å². The Morgan fingerprint density at radius 2 is 1.62 bits per heavy atom. The molecule has 0 aliphatic carbocycles. The highest BCUT2D eigenvalue weighted by molar-refractivity contribution is 14.0. The van der Waals surface area contributed by atoms with Gasteiger partial charge in [-0.3, -0.25) is 4.79 Å². The zero-order chi connectivity index (χ0) is 18.2. The molecule has 0 aliphatic rings. The summed E-state index contributed by atoms with van der Waals surface area (Å²) in [5, 5.41) is 5.74. The fraction of sp³-hybridized carbons (Fsp3) is 0.263. The smallest absolute Gasteiger partial charge is 0.246 e. The van der Waals surface area contributed by atoms with Gasteiger partial charge in [0.1, 0.15) is 12.4 Å². The third-order valence-corrected chi connectivity index (χ3v) is 3.77. The van der Waals surface area contributed by atoms with Crippen LogP contribution in [-0.2, 0) is 17.6 Å². The van der Waals surface area contributed by atoms with Crippen molar-refractivity contribution in [3.63, 3.8) is 0 Å². The van der Waals surface area contributed by atoms with Gasteiger partial charge < -0.3 is 16.4 Å². The number of hydrogen-bond donors (Lipinski definition) is 3. The van der Waals surface area contributed by atoms with E-state index in [4.69, 9.17) is 5.73 Å². The van der Waals surface area contributed by atoms with Crippen LogP contribution in [0.15, 0.2) is 47.5 Å². The number of nitrogens with one attached hydrogen (secondary N) is 2. The first-order valence-corrected chi connectivity index (χ1v) is 8.26. The molecule has 0 atom stereocenters. The molecule has 0 aliphatic heterocycles. The Labute approximate surface area is 170 Å². The maximum atomic E-state index is 12.8. The lowest BCUT2D eigenvalue weighted by atomic mass is 10.0. The Balaban J connectivity index is 0.00000338. The number of nitrogens with two attached hydrogens (primary N) is 1. The second-order valence-electron chi connectivity index (χ2n) is 5.54. The van der Waals surface area contributed by atoms with Crippen LogP contribution >= 0.6 is 24.0 Å². The van der Waals surface area contributed by atoms with Gasteiger partial charge in [0.15, 0.2) is 5.96 Å². The van der Waals surface area contributed by atoms with Gasteiger partial charge in [0.2, 0.25) is 5.91 Å². The third-order valence-electron chi connectivity index (χ3n) is 3.77. The molecule has 0 spiro atoms. The number of aryl methyl sites for hydroxylation is 2. The van der Waals surface area contributed by atoms with Crippen LogP contribution in [0.5, 0.6) is 0 Å². The zero-order valence-corrected chi connectivity index (χ0v) is 17.2. The molecule has 26 heavy (non-hydrogen) atoms. The molecule has 0 aromatic heterocycles. The number of aliphatic imine (C=N–C) groups is 1. The van der Waals surface area contributed by atoms with E-state index < -0.39 is 0 Å². The summed E-state index contributed by atoms with van der Waals surface area (Å²) in [7, 11) is 0. The number of nitrogens with zero attached hydrogens (tertiary/aromatic N) is 1. The van der Waals surface area contributed by atoms with Gasteiger partial charge in [-0.25, -0.2) is 9.38 Å². The van der Waals surface area contributed by atoms with Crippen LogP contribution in [0, 0.1) is 5.82 Å². The van der Waals surface area contributed by atoms with E-state index in [1.54, 1.807) is 0 Å². The molecular weight excluding hydrogens is 446 g/mol. The molecule has 0 fully saturated rings. The molecule has 4 N–H and O–H groups in total. The highest BCUT2D eigenvalue weighted by Crippen LogP contribution is 2.22. The van der Waals surface area contributed by atoms with Gasteiger partial charge in [0, 0.05) is 11.4 Å². The highest BCUT2D eigenvalue weighted by Gasteiger charge is 2.08. The molecule has 2 rings (SSSR count). The minimum Gasteiger partial charge on any atom is -0.370 e. The van der Waals surface area contributed by atoms with Gasteiger partial charge in [-0.05, 0) is 48.2 Å². The number of hydrogen-bond acceptors (Lipinski definition) is 2. The Hall–Kier alpha value is -2.16. The van der Waals surface area contributed by atoms with Crippen molar-refractivity contribution in [2.24, 2.45) is 10.7 Å². The number of guanidine groups is 1. The summed E-state index contributed by atoms with van der Waals surface area (Å²) in [5.74, 6) is -0.494. The largest absolute Gasteiger partial charge is 0.370 e. The molecule has 0 unspecified atom stereocenters. The lowest BCUT2D eigenvalue weighted by molar-refractivity contribution is -0.114. The molecule has 5 nitrogen and oxygen atoms in total. The Morgan fingerprint density at radius 3 is 2.15 bits per heavy atom. The van der Waals surface area contributed by atoms with E-state index >= 15 is 0 Å². The van der Waals surface area contributed by atoms with E-state index in [0.29, 0.717) is 5.69 Å². The van der Waals surface area contributed by atoms with Crippen molar-refractivity contribution in [2.75, 3.05) is 17.2 Å². The number of halogens is 2. The van der Waals surface area contributed by atoms with E-state index in [9.17, 15) is 9.18 Å². The predicted octanol–water partition coefficient (Wildman–Crippen LogP) is 3.93. The van der Waals surface area contributed by atoms with Crippen LogP contribution in [-0.4, -0.2) is 18.4 Å². The second-order valence-corrected chi connectivity index (χ2v) is 5.54. The minimum absolute atomic E-state index is 0. The number of benzene rings is 2. The van der Waals surface area contributed by atoms with Crippen molar-refractivity contribution >= 4 is 47.2 Å². The van der Waals surface area contributed by atoms with Crippen LogP contribution in [0.2, 0.25) is 0 Å². The fourth-order valence-electron chi connectivity index (χ4n) is 2.46. The standard InChI is InChI=1S/C19H23FN4O.HI/c1-3-13-6-5-7-14(4-2)18(13)24-19(21)22-12-17(25)23-16-10-8-15(20)9-11-16;/h5-11H,3-4,12H2,1-2H3,(H,23,25)(H3,21,22,24);1H. The van der Waals surface area contributed by atoms with Gasteiger partial charge in [0.25, 0.3) is 0 Å². The average Bonchev–Trinajstić information content (AvgIpc) is 2.62. The summed E-state index contributed by atoms with van der Waals surface area (Å²) in [6, 6.07) is 11.6. The first-order valence-electron chi connectivity index (χ1n) is 8.26. The number of amides is 1. The molecule has 0 saturated heterocycles. The SMILES string of the molecule is CCc1cccc(CC)c1NC(N)=NCC(=O)Nc1ccc(F)cc1.I. The molecule has 0 saturated carbocycles. The van der Waals surface area contributed by atoms with E-state index in [-0.39, 0.29) is 48.2 Å². The molecule has 7 heteroatoms. The lowest BCUT2D eigenvalue weighted by Crippen LogP contribution is -2.26. The monoisotopic (exact) mass is 470 g/mol. The zero-order valence-electron chi connectivity index (χ0n) is 14.9. The van der Waals surface area contributed by atoms with Gasteiger partial charge in [-0.2, -0.15) is 0 Å². The van der Waals surface area contributed by atoms with Crippen LogP contribution in [0.4, 0.5) is 15.8 Å². The molecule has 1 amide bonds. The van der Waals surface area contributed by atoms with Gasteiger partial charge in [0.05, 0.1) is 0 Å². The maximum absolute atomic E-state index is 12.8. The van der Waals surface area contributed by atoms with Crippen LogP contribution in [0.25, 0.3) is 0 Å². The Morgan fingerprint density at radius 1 is 1.04 bits per heavy atom. The first kappa shape index (κ1) is 21.9. The van der Waals surface area contributed by atoms with Crippen molar-refractivity contribution < 1.29 is 9.18 Å². The van der Waals surface area contributed by atoms with Crippen LogP contribution < -0.4 is 16.4 Å². The number of carbonyl (C=O) groups is 1. The molecule has 2 aromatic rings. The second kappa shape index (κ2) is 10.7. The first-order chi connectivity index (χ1) is 12.0. The maximum Gasteiger partial charge on any atom is 0.246 e. The summed E-state index contributed by atoms with van der Waals surface area (Å²) in [4.78, 5) is 16.0. The fourth-order valence-corrected chi connectivity index (χ4v) is 2.46. The Bertz CT molecular complexity index is 740. The van der Waals surface area contributed by atoms with Crippen molar-refractivity contribution in [3.8, 4) is 0 Å². The van der Waals surface area contributed by atoms with Gasteiger partial charge in [-0.1, -0.05) is 32.0 Å². The van der Waals surface area contributed by atoms with Crippen molar-refractivity contribution in [3.05, 3.63) is 59.4 Å². The average molecular weight is 470 g/mol. The molecular formula is C19H24FIN4O. The summed E-state index contributed by atoms with van der Waals surface area (Å²) < 4.78 is 12.8. The normalized spacial score (nSPS) is 10.8. The summed E-state index contributed by atoms with van der Waals surface area (Å²) >= 11 is 0. The quantitative estimate of drug-likeness (QED) is 0.340. The minimum atomic E-state index is -0.356. The molecule has 0 bridgehead atoms. The van der Waals surface area contributed by atoms with Gasteiger partial charge >= 0.3 is 0 Å². The molecule has 0 heterocycles. The predicted molar refractivity (Wildman–Crippen MR) is 116 cm³/mol. The van der Waals surface area contributed by atoms with E-state index in [0.717, 1.165) is 29.7 Å². The summed E-state index contributed by atoms with van der Waals surface area (Å²) in [5.41, 5.74) is 9.68. The molecule has 0 radical (unpaired) electrons. The van der Waals surface area contributed by atoms with E-state index in [1.165, 1.54) is 24.3 Å². The topological polar surface area (TPSA) is 79.5 Å². The van der Waals surface area contributed by atoms with Gasteiger partial charge in [-0.15, -0.1) is 24.0 Å². The van der Waals surface area contributed by atoms with Crippen molar-refractivity contribution in [2.45, 2.75) is 26.7 Å². The number of carbonyl (C=O) groups excluding carboxylic acids is 1. The Kier molecular flexibility index (Phi) is 9.04. The van der Waals surface area contributed by atoms with E-state index in [2.05, 4.69) is 29.5 Å². The van der Waals surface area contributed by atoms with Crippen LogP contribution in [0.1, 0.15) is 25.0 Å². The molecule has 2 aromatic carbocycles. The third kappa shape index (κ3) is 6.29. The summed E-state index contributed by atoms with van der Waals surface area (Å²) in [6.07, 6.45) is 1.74. The highest BCUT2D eigenvalue weighted by atomic mass is 127. The van der Waals surface area contributed by atoms with Crippen LogP contribution in [0.3, 0.4) is 0 Å². The lowest BCUT2D eigenvalue weighted by Gasteiger charge is -2.14. The number of rotatable bonds is 6. The van der Waals surface area contributed by atoms with Crippen molar-refractivity contribution in [1.29, 1.82) is 0 Å². The van der Waals surface area contributed by atoms with E-state index in [1.807, 2.05) is 18.2 Å². The number of para-hydroxylation sites is 1.